The summed E-state index contributed by atoms with van der Waals surface area (Å²) in [6.45, 7) is 5.43. The van der Waals surface area contributed by atoms with E-state index in [1.54, 1.807) is 6.07 Å². The molecule has 0 aromatic heterocycles. The molecule has 1 amide bonds. The molecule has 0 aliphatic carbocycles. The smallest absolute Gasteiger partial charge is 0.241 e. The molecular weight excluding hydrogens is 357 g/mol. The van der Waals surface area contributed by atoms with Gasteiger partial charge < -0.3 is 15.1 Å². The Bertz CT molecular complexity index is 758. The summed E-state index contributed by atoms with van der Waals surface area (Å²) in [6.07, 6.45) is 0. The lowest BCUT2D eigenvalue weighted by atomic mass is 10.2. The predicted molar refractivity (Wildman–Crippen MR) is 105 cm³/mol. The second kappa shape index (κ2) is 7.98. The van der Waals surface area contributed by atoms with Crippen LogP contribution in [-0.4, -0.2) is 43.5 Å². The number of carbonyl (C=O) groups excluding carboxylic acids is 1. The molecular formula is C19H21Cl2N3O. The zero-order valence-electron chi connectivity index (χ0n) is 14.1. The van der Waals surface area contributed by atoms with E-state index in [0.717, 1.165) is 26.2 Å². The highest BCUT2D eigenvalue weighted by atomic mass is 35.5. The predicted octanol–water partition coefficient (Wildman–Crippen LogP) is 4.06. The van der Waals surface area contributed by atoms with Crippen LogP contribution >= 0.6 is 23.2 Å². The Morgan fingerprint density at radius 1 is 1.08 bits per heavy atom. The number of carbonyl (C=O) groups is 1. The first kappa shape index (κ1) is 17.9. The van der Waals surface area contributed by atoms with Crippen molar-refractivity contribution in [2.75, 3.05) is 42.9 Å². The fourth-order valence-electron chi connectivity index (χ4n) is 2.96. The fraction of sp³-hybridized carbons (Fsp3) is 0.316. The highest BCUT2D eigenvalue weighted by Crippen LogP contribution is 2.29. The summed E-state index contributed by atoms with van der Waals surface area (Å²) >= 11 is 12.1. The van der Waals surface area contributed by atoms with Crippen LogP contribution in [0.1, 0.15) is 5.56 Å². The summed E-state index contributed by atoms with van der Waals surface area (Å²) in [5.74, 6) is 0.0694. The third kappa shape index (κ3) is 4.39. The molecule has 1 saturated heterocycles. The number of nitrogens with zero attached hydrogens (tertiary/aromatic N) is 2. The van der Waals surface area contributed by atoms with Crippen molar-refractivity contribution in [3.05, 3.63) is 58.1 Å². The Labute approximate surface area is 158 Å². The van der Waals surface area contributed by atoms with Crippen molar-refractivity contribution in [2.45, 2.75) is 6.92 Å². The standard InChI is InChI=1S/C19H21Cl2N3O/c1-14-4-2-5-15(12-14)23-8-10-24(11-9-23)18(25)13-22-17-7-3-6-16(20)19(17)21/h2-7,12,22H,8-11,13H2,1H3. The summed E-state index contributed by atoms with van der Waals surface area (Å²) in [5.41, 5.74) is 3.15. The van der Waals surface area contributed by atoms with E-state index in [-0.39, 0.29) is 12.5 Å². The van der Waals surface area contributed by atoms with Gasteiger partial charge in [-0.25, -0.2) is 0 Å². The van der Waals surface area contributed by atoms with E-state index >= 15 is 0 Å². The number of hydrogen-bond acceptors (Lipinski definition) is 3. The van der Waals surface area contributed by atoms with Gasteiger partial charge in [-0.2, -0.15) is 0 Å². The maximum absolute atomic E-state index is 12.4. The first-order valence-electron chi connectivity index (χ1n) is 8.32. The average molecular weight is 378 g/mol. The number of benzene rings is 2. The van der Waals surface area contributed by atoms with Crippen LogP contribution in [0.3, 0.4) is 0 Å². The van der Waals surface area contributed by atoms with Crippen LogP contribution in [0.15, 0.2) is 42.5 Å². The molecule has 1 aliphatic rings. The maximum atomic E-state index is 12.4. The molecule has 2 aromatic rings. The number of halogens is 2. The minimum absolute atomic E-state index is 0.0694. The molecule has 6 heteroatoms. The van der Waals surface area contributed by atoms with Crippen molar-refractivity contribution in [2.24, 2.45) is 0 Å². The highest BCUT2D eigenvalue weighted by molar-refractivity contribution is 6.43. The van der Waals surface area contributed by atoms with Crippen molar-refractivity contribution in [3.63, 3.8) is 0 Å². The number of anilines is 2. The van der Waals surface area contributed by atoms with Crippen LogP contribution in [0.25, 0.3) is 0 Å². The van der Waals surface area contributed by atoms with Crippen LogP contribution in [0, 0.1) is 6.92 Å². The van der Waals surface area contributed by atoms with Crippen LogP contribution < -0.4 is 10.2 Å². The molecule has 1 fully saturated rings. The van der Waals surface area contributed by atoms with Gasteiger partial charge in [0.15, 0.2) is 0 Å². The van der Waals surface area contributed by atoms with Crippen LogP contribution in [0.4, 0.5) is 11.4 Å². The number of amides is 1. The Balaban J connectivity index is 1.52. The van der Waals surface area contributed by atoms with E-state index in [4.69, 9.17) is 23.2 Å². The molecule has 0 saturated carbocycles. The quantitative estimate of drug-likeness (QED) is 0.872. The lowest BCUT2D eigenvalue weighted by Crippen LogP contribution is -2.50. The summed E-state index contributed by atoms with van der Waals surface area (Å²) in [6, 6.07) is 13.8. The van der Waals surface area contributed by atoms with Gasteiger partial charge in [0, 0.05) is 31.9 Å². The molecule has 3 rings (SSSR count). The van der Waals surface area contributed by atoms with E-state index < -0.39 is 0 Å². The third-order valence-corrected chi connectivity index (χ3v) is 5.20. The number of hydrogen-bond donors (Lipinski definition) is 1. The largest absolute Gasteiger partial charge is 0.375 e. The molecule has 1 N–H and O–H groups in total. The lowest BCUT2D eigenvalue weighted by Gasteiger charge is -2.36. The van der Waals surface area contributed by atoms with Gasteiger partial charge in [-0.3, -0.25) is 4.79 Å². The molecule has 0 bridgehead atoms. The lowest BCUT2D eigenvalue weighted by molar-refractivity contribution is -0.129. The first-order chi connectivity index (χ1) is 12.0. The van der Waals surface area contributed by atoms with Gasteiger partial charge >= 0.3 is 0 Å². The molecule has 132 valence electrons. The maximum Gasteiger partial charge on any atom is 0.241 e. The average Bonchev–Trinajstić information content (AvgIpc) is 2.63. The van der Waals surface area contributed by atoms with Gasteiger partial charge in [0.2, 0.25) is 5.91 Å². The molecule has 1 heterocycles. The van der Waals surface area contributed by atoms with Gasteiger partial charge in [-0.05, 0) is 36.8 Å². The van der Waals surface area contributed by atoms with E-state index in [1.165, 1.54) is 11.3 Å². The monoisotopic (exact) mass is 377 g/mol. The number of aryl methyl sites for hydroxylation is 1. The first-order valence-corrected chi connectivity index (χ1v) is 9.07. The molecule has 2 aromatic carbocycles. The normalized spacial score (nSPS) is 14.5. The topological polar surface area (TPSA) is 35.6 Å². The van der Waals surface area contributed by atoms with Crippen molar-refractivity contribution >= 4 is 40.5 Å². The Kier molecular flexibility index (Phi) is 5.71. The summed E-state index contributed by atoms with van der Waals surface area (Å²) in [4.78, 5) is 16.6. The van der Waals surface area contributed by atoms with E-state index in [0.29, 0.717) is 15.7 Å². The molecule has 25 heavy (non-hydrogen) atoms. The Hall–Kier alpha value is -1.91. The van der Waals surface area contributed by atoms with Crippen LogP contribution in [0.5, 0.6) is 0 Å². The van der Waals surface area contributed by atoms with Gasteiger partial charge in [0.1, 0.15) is 0 Å². The van der Waals surface area contributed by atoms with Gasteiger partial charge in [-0.1, -0.05) is 41.4 Å². The highest BCUT2D eigenvalue weighted by Gasteiger charge is 2.21. The van der Waals surface area contributed by atoms with Crippen LogP contribution in [0.2, 0.25) is 10.0 Å². The minimum atomic E-state index is 0.0694. The number of rotatable bonds is 4. The molecule has 0 radical (unpaired) electrons. The summed E-state index contributed by atoms with van der Waals surface area (Å²) in [5, 5.41) is 4.00. The zero-order valence-corrected chi connectivity index (χ0v) is 15.6. The van der Waals surface area contributed by atoms with E-state index in [2.05, 4.69) is 41.4 Å². The zero-order chi connectivity index (χ0) is 17.8. The minimum Gasteiger partial charge on any atom is -0.375 e. The molecule has 0 atom stereocenters. The fourth-order valence-corrected chi connectivity index (χ4v) is 3.33. The Morgan fingerprint density at radius 3 is 2.52 bits per heavy atom. The summed E-state index contributed by atoms with van der Waals surface area (Å²) < 4.78 is 0. The molecule has 1 aliphatic heterocycles. The van der Waals surface area contributed by atoms with Crippen molar-refractivity contribution in [1.82, 2.24) is 4.90 Å². The SMILES string of the molecule is Cc1cccc(N2CCN(C(=O)CNc3cccc(Cl)c3Cl)CC2)c1. The third-order valence-electron chi connectivity index (χ3n) is 4.38. The van der Waals surface area contributed by atoms with E-state index in [9.17, 15) is 4.79 Å². The second-order valence-corrected chi connectivity index (χ2v) is 6.95. The van der Waals surface area contributed by atoms with E-state index in [1.807, 2.05) is 17.0 Å². The second-order valence-electron chi connectivity index (χ2n) is 6.16. The van der Waals surface area contributed by atoms with Crippen molar-refractivity contribution in [3.8, 4) is 0 Å². The van der Waals surface area contributed by atoms with Gasteiger partial charge in [-0.15, -0.1) is 0 Å². The molecule has 0 spiro atoms. The molecule has 0 unspecified atom stereocenters. The van der Waals surface area contributed by atoms with Crippen molar-refractivity contribution < 1.29 is 4.79 Å². The number of piperazine rings is 1. The van der Waals surface area contributed by atoms with Gasteiger partial charge in [0.25, 0.3) is 0 Å². The number of nitrogens with one attached hydrogen (secondary N) is 1. The Morgan fingerprint density at radius 2 is 1.80 bits per heavy atom. The van der Waals surface area contributed by atoms with Crippen molar-refractivity contribution in [1.29, 1.82) is 0 Å². The van der Waals surface area contributed by atoms with Gasteiger partial charge in [0.05, 0.1) is 22.3 Å². The molecule has 4 nitrogen and oxygen atoms in total. The summed E-state index contributed by atoms with van der Waals surface area (Å²) in [7, 11) is 0. The van der Waals surface area contributed by atoms with Crippen LogP contribution in [-0.2, 0) is 4.79 Å².